The van der Waals surface area contributed by atoms with Crippen LogP contribution in [0, 0.1) is 66.3 Å². The van der Waals surface area contributed by atoms with E-state index in [-0.39, 0.29) is 10.6 Å². The second kappa shape index (κ2) is 6.15. The van der Waals surface area contributed by atoms with Crippen molar-refractivity contribution < 1.29 is 14.4 Å². The summed E-state index contributed by atoms with van der Waals surface area (Å²) in [7, 11) is 0. The average molecular weight is 412 g/mol. The van der Waals surface area contributed by atoms with Crippen molar-refractivity contribution in [2.24, 2.45) is 16.7 Å². The number of benzene rings is 1. The molecule has 1 aliphatic carbocycles. The van der Waals surface area contributed by atoms with Crippen molar-refractivity contribution in [1.29, 1.82) is 21.2 Å². The van der Waals surface area contributed by atoms with Gasteiger partial charge in [-0.3, -0.25) is 15.5 Å². The highest BCUT2D eigenvalue weighted by Crippen LogP contribution is 2.69. The minimum atomic E-state index is -2.12. The zero-order valence-corrected chi connectivity index (χ0v) is 15.8. The summed E-state index contributed by atoms with van der Waals surface area (Å²) < 4.78 is 12.0. The number of hydrogen-bond donors (Lipinski definition) is 1. The van der Waals surface area contributed by atoms with Crippen LogP contribution >= 0.6 is 11.6 Å². The molecule has 0 radical (unpaired) electrons. The molecule has 1 saturated carbocycles. The van der Waals surface area contributed by atoms with Crippen molar-refractivity contribution in [2.45, 2.75) is 37.6 Å². The largest absolute Gasteiger partial charge is 0.447 e. The number of nitro benzene ring substituents is 1. The predicted octanol–water partition coefficient (Wildman–Crippen LogP) is 3.76. The molecule has 9 nitrogen and oxygen atoms in total. The van der Waals surface area contributed by atoms with Gasteiger partial charge in [0, 0.05) is 12.5 Å². The highest BCUT2D eigenvalue weighted by atomic mass is 35.5. The molecule has 4 unspecified atom stereocenters. The van der Waals surface area contributed by atoms with Crippen molar-refractivity contribution in [2.75, 3.05) is 0 Å². The minimum Gasteiger partial charge on any atom is -0.447 e. The number of hydrogen-bond acceptors (Lipinski definition) is 8. The van der Waals surface area contributed by atoms with Crippen LogP contribution in [0.1, 0.15) is 37.4 Å². The molecule has 146 valence electrons. The van der Waals surface area contributed by atoms with E-state index in [1.165, 1.54) is 12.1 Å². The van der Waals surface area contributed by atoms with E-state index in [1.807, 2.05) is 12.1 Å². The summed E-state index contributed by atoms with van der Waals surface area (Å²) in [5, 5.41) is 50.0. The van der Waals surface area contributed by atoms with Gasteiger partial charge in [0.1, 0.15) is 11.1 Å². The van der Waals surface area contributed by atoms with Crippen molar-refractivity contribution in [3.8, 4) is 18.2 Å². The first-order valence-corrected chi connectivity index (χ1v) is 9.33. The van der Waals surface area contributed by atoms with Gasteiger partial charge in [0.25, 0.3) is 5.69 Å². The first-order valence-electron chi connectivity index (χ1n) is 8.95. The monoisotopic (exact) mass is 411 g/mol. The predicted molar refractivity (Wildman–Crippen MR) is 97.1 cm³/mol. The lowest BCUT2D eigenvalue weighted by molar-refractivity contribution is -0.384. The number of ether oxygens (including phenoxy) is 2. The third-order valence-electron chi connectivity index (χ3n) is 6.29. The van der Waals surface area contributed by atoms with Gasteiger partial charge in [-0.05, 0) is 24.5 Å². The fourth-order valence-electron chi connectivity index (χ4n) is 4.99. The third-order valence-corrected chi connectivity index (χ3v) is 6.61. The Hall–Kier alpha value is -3.19. The number of halogens is 1. The molecule has 1 aromatic rings. The van der Waals surface area contributed by atoms with Gasteiger partial charge in [-0.15, -0.1) is 0 Å². The molecule has 2 bridgehead atoms. The standard InChI is InChI=1S/C19H14ClN5O4/c20-12-5-4-11(7-13(12)25(26)27)15-17(8-21,9-22)18(10-23)14-3-1-2-6-19(14,28-15)29-16(18)24/h4-5,7,14-15,24H,1-3,6H2. The molecule has 2 heterocycles. The van der Waals surface area contributed by atoms with Crippen molar-refractivity contribution in [1.82, 2.24) is 0 Å². The Balaban J connectivity index is 2.00. The summed E-state index contributed by atoms with van der Waals surface area (Å²) in [5.41, 5.74) is -4.21. The lowest BCUT2D eigenvalue weighted by Gasteiger charge is -2.51. The zero-order valence-electron chi connectivity index (χ0n) is 15.0. The Kier molecular flexibility index (Phi) is 4.06. The highest BCUT2D eigenvalue weighted by molar-refractivity contribution is 6.32. The van der Waals surface area contributed by atoms with E-state index < -0.39 is 45.1 Å². The summed E-state index contributed by atoms with van der Waals surface area (Å²) >= 11 is 5.90. The third kappa shape index (κ3) is 2.13. The maximum Gasteiger partial charge on any atom is 0.288 e. The summed E-state index contributed by atoms with van der Waals surface area (Å²) in [6.07, 6.45) is 1.01. The van der Waals surface area contributed by atoms with Crippen LogP contribution in [0.5, 0.6) is 0 Å². The van der Waals surface area contributed by atoms with Gasteiger partial charge in [-0.25, -0.2) is 0 Å². The Labute approximate surface area is 170 Å². The molecule has 1 aromatic carbocycles. The van der Waals surface area contributed by atoms with Gasteiger partial charge in [-0.2, -0.15) is 15.8 Å². The van der Waals surface area contributed by atoms with Gasteiger partial charge in [0.2, 0.25) is 17.1 Å². The average Bonchev–Trinajstić information content (AvgIpc) is 2.93. The molecule has 2 saturated heterocycles. The Morgan fingerprint density at radius 1 is 1.24 bits per heavy atom. The molecule has 2 aliphatic heterocycles. The fraction of sp³-hybridized carbons (Fsp3) is 0.474. The van der Waals surface area contributed by atoms with Crippen LogP contribution in [-0.4, -0.2) is 16.6 Å². The van der Waals surface area contributed by atoms with Gasteiger partial charge in [-0.1, -0.05) is 24.1 Å². The minimum absolute atomic E-state index is 0.107. The second-order valence-electron chi connectivity index (χ2n) is 7.46. The molecule has 1 N–H and O–H groups in total. The van der Waals surface area contributed by atoms with E-state index in [0.29, 0.717) is 12.8 Å². The van der Waals surface area contributed by atoms with Crippen LogP contribution in [-0.2, 0) is 9.47 Å². The van der Waals surface area contributed by atoms with Crippen LogP contribution in [0.25, 0.3) is 0 Å². The van der Waals surface area contributed by atoms with Crippen molar-refractivity contribution in [3.05, 3.63) is 38.9 Å². The smallest absolute Gasteiger partial charge is 0.288 e. The molecular weight excluding hydrogens is 398 g/mol. The molecule has 0 spiro atoms. The lowest BCUT2D eigenvalue weighted by Crippen LogP contribution is -2.60. The Morgan fingerprint density at radius 2 is 1.97 bits per heavy atom. The molecule has 4 rings (SSSR count). The molecule has 0 aromatic heterocycles. The first-order chi connectivity index (χ1) is 13.8. The van der Waals surface area contributed by atoms with Crippen molar-refractivity contribution >= 4 is 23.2 Å². The summed E-state index contributed by atoms with van der Waals surface area (Å²) in [4.78, 5) is 10.7. The number of nitrogens with one attached hydrogen (secondary N) is 1. The van der Waals surface area contributed by atoms with Crippen LogP contribution < -0.4 is 0 Å². The topological polar surface area (TPSA) is 157 Å². The van der Waals surface area contributed by atoms with E-state index >= 15 is 0 Å². The van der Waals surface area contributed by atoms with Crippen LogP contribution in [0.2, 0.25) is 5.02 Å². The first kappa shape index (κ1) is 19.1. The molecule has 3 fully saturated rings. The maximum absolute atomic E-state index is 11.3. The number of rotatable bonds is 2. The molecule has 10 heteroatoms. The Bertz CT molecular complexity index is 1060. The van der Waals surface area contributed by atoms with E-state index in [1.54, 1.807) is 0 Å². The van der Waals surface area contributed by atoms with Crippen LogP contribution in [0.15, 0.2) is 18.2 Å². The quantitative estimate of drug-likeness (QED) is 0.573. The molecule has 0 amide bonds. The number of nitro groups is 1. The Morgan fingerprint density at radius 3 is 2.59 bits per heavy atom. The van der Waals surface area contributed by atoms with Gasteiger partial charge < -0.3 is 9.47 Å². The van der Waals surface area contributed by atoms with E-state index in [0.717, 1.165) is 18.9 Å². The molecule has 29 heavy (non-hydrogen) atoms. The van der Waals surface area contributed by atoms with E-state index in [9.17, 15) is 25.9 Å². The molecule has 3 aliphatic rings. The second-order valence-corrected chi connectivity index (χ2v) is 7.87. The van der Waals surface area contributed by atoms with E-state index in [2.05, 4.69) is 6.07 Å². The number of nitrogens with zero attached hydrogens (tertiary/aromatic N) is 4. The number of nitriles is 3. The van der Waals surface area contributed by atoms with Crippen molar-refractivity contribution in [3.63, 3.8) is 0 Å². The summed E-state index contributed by atoms with van der Waals surface area (Å²) in [6, 6.07) is 9.77. The van der Waals surface area contributed by atoms with Gasteiger partial charge in [0.05, 0.1) is 29.0 Å². The summed E-state index contributed by atoms with van der Waals surface area (Å²) in [5.74, 6) is -2.43. The zero-order chi connectivity index (χ0) is 21.0. The normalized spacial score (nSPS) is 34.1. The van der Waals surface area contributed by atoms with Gasteiger partial charge >= 0.3 is 0 Å². The van der Waals surface area contributed by atoms with E-state index in [4.69, 9.17) is 26.5 Å². The van der Waals surface area contributed by atoms with Crippen LogP contribution in [0.3, 0.4) is 0 Å². The maximum atomic E-state index is 11.3. The highest BCUT2D eigenvalue weighted by Gasteiger charge is 2.80. The molecule has 4 atom stereocenters. The fourth-order valence-corrected chi connectivity index (χ4v) is 5.18. The van der Waals surface area contributed by atoms with Gasteiger partial charge in [0.15, 0.2) is 5.41 Å². The molecular formula is C19H14ClN5O4. The van der Waals surface area contributed by atoms with Crippen LogP contribution in [0.4, 0.5) is 5.69 Å². The summed E-state index contributed by atoms with van der Waals surface area (Å²) in [6.45, 7) is 0. The SMILES string of the molecule is N#CC1(C#N)C(c2ccc(Cl)c([N+](=O)[O-])c2)OC23CCCCC2C1(C#N)C(=N)O3. The lowest BCUT2D eigenvalue weighted by atomic mass is 9.51.